The number of Topliss-reactive ketones (excluding diaryl/α,β-unsaturated/α-hetero) is 1. The van der Waals surface area contributed by atoms with Crippen molar-refractivity contribution in [3.05, 3.63) is 57.9 Å². The summed E-state index contributed by atoms with van der Waals surface area (Å²) in [6, 6.07) is 9.44. The molecule has 4 aromatic heterocycles. The third kappa shape index (κ3) is 3.86. The molecule has 0 amide bonds. The van der Waals surface area contributed by atoms with Crippen LogP contribution in [0.5, 0.6) is 0 Å². The predicted octanol–water partition coefficient (Wildman–Crippen LogP) is 4.57. The monoisotopic (exact) mass is 436 g/mol. The molecule has 1 aliphatic carbocycles. The zero-order chi connectivity index (χ0) is 20.5. The predicted molar refractivity (Wildman–Crippen MR) is 120 cm³/mol. The molecule has 1 saturated carbocycles. The molecule has 4 heterocycles. The van der Waals surface area contributed by atoms with Gasteiger partial charge in [0, 0.05) is 17.5 Å². The molecule has 0 aromatic carbocycles. The molecule has 1 fully saturated rings. The van der Waals surface area contributed by atoms with E-state index in [1.54, 1.807) is 17.5 Å². The SMILES string of the molecule is O=C(Cc1cc(-c2nc(N[C@H]3CCC[C@@H]3O)c3sccc3n2)ccn1)c1cccs1. The summed E-state index contributed by atoms with van der Waals surface area (Å²) in [5.41, 5.74) is 2.38. The second-order valence-corrected chi connectivity index (χ2v) is 9.26. The van der Waals surface area contributed by atoms with E-state index in [1.807, 2.05) is 41.1 Å². The molecule has 5 rings (SSSR count). The average Bonchev–Trinajstić information content (AvgIpc) is 3.51. The summed E-state index contributed by atoms with van der Waals surface area (Å²) in [4.78, 5) is 27.0. The van der Waals surface area contributed by atoms with Gasteiger partial charge in [-0.25, -0.2) is 9.97 Å². The van der Waals surface area contributed by atoms with Crippen LogP contribution in [0, 0.1) is 0 Å². The lowest BCUT2D eigenvalue weighted by atomic mass is 10.1. The zero-order valence-corrected chi connectivity index (χ0v) is 17.7. The Balaban J connectivity index is 1.46. The first-order valence-corrected chi connectivity index (χ1v) is 11.6. The van der Waals surface area contributed by atoms with Crippen LogP contribution < -0.4 is 5.32 Å². The summed E-state index contributed by atoms with van der Waals surface area (Å²) >= 11 is 3.03. The highest BCUT2D eigenvalue weighted by atomic mass is 32.1. The molecule has 0 spiro atoms. The summed E-state index contributed by atoms with van der Waals surface area (Å²) in [6.45, 7) is 0. The highest BCUT2D eigenvalue weighted by Gasteiger charge is 2.26. The fourth-order valence-corrected chi connectivity index (χ4v) is 5.23. The molecule has 2 atom stereocenters. The first kappa shape index (κ1) is 19.3. The van der Waals surface area contributed by atoms with Gasteiger partial charge in [0.15, 0.2) is 11.6 Å². The standard InChI is InChI=1S/C22H20N4O2S2/c27-17-4-1-3-15(17)24-22-20-16(7-10-30-20)25-21(26-22)13-6-8-23-14(11-13)12-18(28)19-5-2-9-29-19/h2,5-11,15,17,27H,1,3-4,12H2,(H,24,25,26)/t15-,17-/m0/s1. The number of ketones is 1. The van der Waals surface area contributed by atoms with Gasteiger partial charge in [0.25, 0.3) is 0 Å². The van der Waals surface area contributed by atoms with Crippen LogP contribution in [0.25, 0.3) is 21.6 Å². The van der Waals surface area contributed by atoms with Crippen molar-refractivity contribution in [3.63, 3.8) is 0 Å². The van der Waals surface area contributed by atoms with Crippen LogP contribution >= 0.6 is 22.7 Å². The van der Waals surface area contributed by atoms with Gasteiger partial charge < -0.3 is 10.4 Å². The third-order valence-electron chi connectivity index (χ3n) is 5.32. The van der Waals surface area contributed by atoms with Gasteiger partial charge in [0.2, 0.25) is 0 Å². The Bertz CT molecular complexity index is 1190. The number of aliphatic hydroxyl groups is 1. The highest BCUT2D eigenvalue weighted by Crippen LogP contribution is 2.32. The molecule has 30 heavy (non-hydrogen) atoms. The van der Waals surface area contributed by atoms with Crippen molar-refractivity contribution >= 4 is 44.5 Å². The molecule has 4 aromatic rings. The largest absolute Gasteiger partial charge is 0.391 e. The summed E-state index contributed by atoms with van der Waals surface area (Å²) in [5, 5.41) is 17.5. The lowest BCUT2D eigenvalue weighted by molar-refractivity contribution is 0.0996. The molecule has 0 bridgehead atoms. The summed E-state index contributed by atoms with van der Waals surface area (Å²) in [5.74, 6) is 1.40. The summed E-state index contributed by atoms with van der Waals surface area (Å²) in [7, 11) is 0. The number of nitrogens with zero attached hydrogens (tertiary/aromatic N) is 3. The van der Waals surface area contributed by atoms with Crippen LogP contribution in [0.4, 0.5) is 5.82 Å². The number of nitrogens with one attached hydrogen (secondary N) is 1. The van der Waals surface area contributed by atoms with Crippen LogP contribution in [0.15, 0.2) is 47.3 Å². The minimum Gasteiger partial charge on any atom is -0.391 e. The van der Waals surface area contributed by atoms with Crippen LogP contribution in [-0.4, -0.2) is 38.0 Å². The molecule has 152 valence electrons. The lowest BCUT2D eigenvalue weighted by Crippen LogP contribution is -2.28. The first-order valence-electron chi connectivity index (χ1n) is 9.89. The average molecular weight is 437 g/mol. The van der Waals surface area contributed by atoms with E-state index in [0.29, 0.717) is 11.5 Å². The minimum atomic E-state index is -0.353. The van der Waals surface area contributed by atoms with E-state index in [0.717, 1.165) is 45.7 Å². The van der Waals surface area contributed by atoms with Crippen molar-refractivity contribution in [3.8, 4) is 11.4 Å². The molecule has 0 unspecified atom stereocenters. The fraction of sp³-hybridized carbons (Fsp3) is 0.273. The molecule has 1 aliphatic rings. The Morgan fingerprint density at radius 2 is 2.10 bits per heavy atom. The molecular weight excluding hydrogens is 416 g/mol. The molecule has 0 saturated heterocycles. The van der Waals surface area contributed by atoms with E-state index >= 15 is 0 Å². The van der Waals surface area contributed by atoms with E-state index in [-0.39, 0.29) is 24.3 Å². The van der Waals surface area contributed by atoms with Crippen molar-refractivity contribution in [1.82, 2.24) is 15.0 Å². The Morgan fingerprint density at radius 3 is 2.90 bits per heavy atom. The molecule has 0 radical (unpaired) electrons. The topological polar surface area (TPSA) is 88.0 Å². The molecule has 0 aliphatic heterocycles. The Labute approximate surface area is 181 Å². The number of aromatic nitrogens is 3. The van der Waals surface area contributed by atoms with Gasteiger partial charge in [-0.15, -0.1) is 22.7 Å². The van der Waals surface area contributed by atoms with Crippen LogP contribution in [0.1, 0.15) is 34.6 Å². The molecule has 6 nitrogen and oxygen atoms in total. The van der Waals surface area contributed by atoms with Crippen molar-refractivity contribution in [1.29, 1.82) is 0 Å². The van der Waals surface area contributed by atoms with Crippen LogP contribution in [0.3, 0.4) is 0 Å². The second-order valence-electron chi connectivity index (χ2n) is 7.39. The highest BCUT2D eigenvalue weighted by molar-refractivity contribution is 7.17. The number of anilines is 1. The number of hydrogen-bond donors (Lipinski definition) is 2. The smallest absolute Gasteiger partial charge is 0.178 e. The van der Waals surface area contributed by atoms with Gasteiger partial charge in [-0.1, -0.05) is 6.07 Å². The number of thiophene rings is 2. The number of hydrogen-bond acceptors (Lipinski definition) is 8. The number of pyridine rings is 1. The van der Waals surface area contributed by atoms with E-state index < -0.39 is 0 Å². The van der Waals surface area contributed by atoms with Gasteiger partial charge in [-0.2, -0.15) is 0 Å². The summed E-state index contributed by atoms with van der Waals surface area (Å²) < 4.78 is 0.986. The number of fused-ring (bicyclic) bond motifs is 1. The van der Waals surface area contributed by atoms with Crippen LogP contribution in [-0.2, 0) is 6.42 Å². The van der Waals surface area contributed by atoms with Crippen molar-refractivity contribution in [2.75, 3.05) is 5.32 Å². The van der Waals surface area contributed by atoms with Gasteiger partial charge in [-0.3, -0.25) is 9.78 Å². The van der Waals surface area contributed by atoms with Crippen molar-refractivity contribution in [2.45, 2.75) is 37.8 Å². The van der Waals surface area contributed by atoms with Gasteiger partial charge in [-0.05, 0) is 54.3 Å². The van der Waals surface area contributed by atoms with E-state index in [4.69, 9.17) is 9.97 Å². The first-order chi connectivity index (χ1) is 14.7. The molecular formula is C22H20N4O2S2. The maximum Gasteiger partial charge on any atom is 0.178 e. The maximum absolute atomic E-state index is 12.4. The zero-order valence-electron chi connectivity index (χ0n) is 16.1. The van der Waals surface area contributed by atoms with Crippen LogP contribution in [0.2, 0.25) is 0 Å². The van der Waals surface area contributed by atoms with E-state index in [9.17, 15) is 9.90 Å². The second kappa shape index (κ2) is 8.22. The fourth-order valence-electron chi connectivity index (χ4n) is 3.78. The number of aliphatic hydroxyl groups excluding tert-OH is 1. The molecule has 8 heteroatoms. The number of rotatable bonds is 6. The lowest BCUT2D eigenvalue weighted by Gasteiger charge is -2.18. The number of carbonyl (C=O) groups excluding carboxylic acids is 1. The third-order valence-corrected chi connectivity index (χ3v) is 7.14. The Morgan fingerprint density at radius 1 is 1.17 bits per heavy atom. The van der Waals surface area contributed by atoms with Crippen molar-refractivity contribution in [2.24, 2.45) is 0 Å². The van der Waals surface area contributed by atoms with E-state index in [2.05, 4.69) is 10.3 Å². The molecule has 2 N–H and O–H groups in total. The maximum atomic E-state index is 12.4. The van der Waals surface area contributed by atoms with Gasteiger partial charge >= 0.3 is 0 Å². The summed E-state index contributed by atoms with van der Waals surface area (Å²) in [6.07, 6.45) is 4.34. The van der Waals surface area contributed by atoms with Gasteiger partial charge in [0.05, 0.1) is 33.7 Å². The van der Waals surface area contributed by atoms with Gasteiger partial charge in [0.1, 0.15) is 5.82 Å². The Hall–Kier alpha value is -2.68. The minimum absolute atomic E-state index is 0.00877. The number of carbonyl (C=O) groups is 1. The van der Waals surface area contributed by atoms with E-state index in [1.165, 1.54) is 11.3 Å². The Kier molecular flexibility index (Phi) is 5.28. The van der Waals surface area contributed by atoms with Crippen molar-refractivity contribution < 1.29 is 9.90 Å². The quantitative estimate of drug-likeness (QED) is 0.431. The normalized spacial score (nSPS) is 18.7.